The van der Waals surface area contributed by atoms with E-state index in [4.69, 9.17) is 4.74 Å². The number of nitrogens with zero attached hydrogens (tertiary/aromatic N) is 1. The number of benzene rings is 2. The molecule has 31 heavy (non-hydrogen) atoms. The lowest BCUT2D eigenvalue weighted by Gasteiger charge is -2.29. The lowest BCUT2D eigenvalue weighted by atomic mass is 10.0. The Balaban J connectivity index is 1.25. The number of ether oxygens (including phenoxy) is 1. The summed E-state index contributed by atoms with van der Waals surface area (Å²) in [6, 6.07) is 10.2. The Hall–Kier alpha value is -3.68. The third-order valence-electron chi connectivity index (χ3n) is 6.00. The Morgan fingerprint density at radius 3 is 2.81 bits per heavy atom. The van der Waals surface area contributed by atoms with Crippen LogP contribution >= 0.6 is 0 Å². The number of amides is 4. The van der Waals surface area contributed by atoms with Gasteiger partial charge < -0.3 is 15.0 Å². The van der Waals surface area contributed by atoms with Crippen LogP contribution in [0.5, 0.6) is 5.75 Å². The maximum Gasteiger partial charge on any atom is 0.255 e. The van der Waals surface area contributed by atoms with E-state index in [-0.39, 0.29) is 24.1 Å². The van der Waals surface area contributed by atoms with Crippen LogP contribution in [0.15, 0.2) is 36.4 Å². The quantitative estimate of drug-likeness (QED) is 0.728. The minimum Gasteiger partial charge on any atom is -0.493 e. The topological polar surface area (TPSA) is 105 Å². The summed E-state index contributed by atoms with van der Waals surface area (Å²) < 4.78 is 5.52. The summed E-state index contributed by atoms with van der Waals surface area (Å²) in [5.41, 5.74) is 3.88. The summed E-state index contributed by atoms with van der Waals surface area (Å²) in [7, 11) is 0. The van der Waals surface area contributed by atoms with Crippen molar-refractivity contribution in [3.63, 3.8) is 0 Å². The SMILES string of the molecule is O=C1CCC(N2Cc3cc(CNC(=O)c4ccc5c(c4)OCC5)ccc3C2=O)C(=O)N1. The molecule has 2 aromatic carbocycles. The summed E-state index contributed by atoms with van der Waals surface area (Å²) >= 11 is 0. The van der Waals surface area contributed by atoms with E-state index in [1.165, 1.54) is 4.90 Å². The molecule has 1 fully saturated rings. The maximum atomic E-state index is 12.8. The molecule has 3 heterocycles. The van der Waals surface area contributed by atoms with Crippen molar-refractivity contribution in [1.29, 1.82) is 0 Å². The molecule has 0 aliphatic carbocycles. The van der Waals surface area contributed by atoms with Crippen LogP contribution in [0.25, 0.3) is 0 Å². The van der Waals surface area contributed by atoms with Crippen LogP contribution in [-0.4, -0.2) is 41.2 Å². The van der Waals surface area contributed by atoms with E-state index in [1.807, 2.05) is 12.1 Å². The van der Waals surface area contributed by atoms with Gasteiger partial charge in [-0.15, -0.1) is 0 Å². The summed E-state index contributed by atoms with van der Waals surface area (Å²) in [4.78, 5) is 50.3. The number of fused-ring (bicyclic) bond motifs is 2. The van der Waals surface area contributed by atoms with E-state index in [0.717, 1.165) is 28.9 Å². The van der Waals surface area contributed by atoms with Crippen molar-refractivity contribution in [3.8, 4) is 5.75 Å². The van der Waals surface area contributed by atoms with Crippen LogP contribution in [-0.2, 0) is 29.1 Å². The Morgan fingerprint density at radius 1 is 1.10 bits per heavy atom. The molecule has 3 aliphatic heterocycles. The molecule has 8 heteroatoms. The third-order valence-corrected chi connectivity index (χ3v) is 6.00. The van der Waals surface area contributed by atoms with Crippen LogP contribution < -0.4 is 15.4 Å². The minimum absolute atomic E-state index is 0.194. The number of rotatable bonds is 4. The number of carbonyl (C=O) groups is 4. The van der Waals surface area contributed by atoms with Crippen molar-refractivity contribution in [2.24, 2.45) is 0 Å². The van der Waals surface area contributed by atoms with Crippen LogP contribution in [0, 0.1) is 0 Å². The second-order valence-electron chi connectivity index (χ2n) is 8.00. The zero-order chi connectivity index (χ0) is 21.5. The van der Waals surface area contributed by atoms with E-state index < -0.39 is 11.9 Å². The van der Waals surface area contributed by atoms with Gasteiger partial charge in [-0.2, -0.15) is 0 Å². The number of hydrogen-bond donors (Lipinski definition) is 2. The van der Waals surface area contributed by atoms with Gasteiger partial charge in [0.15, 0.2) is 0 Å². The molecule has 158 valence electrons. The number of hydrogen-bond acceptors (Lipinski definition) is 5. The Labute approximate surface area is 178 Å². The summed E-state index contributed by atoms with van der Waals surface area (Å²) in [5.74, 6) is -0.378. The highest BCUT2D eigenvalue weighted by Gasteiger charge is 2.39. The number of imide groups is 1. The molecule has 5 rings (SSSR count). The monoisotopic (exact) mass is 419 g/mol. The van der Waals surface area contributed by atoms with Crippen molar-refractivity contribution in [2.75, 3.05) is 6.61 Å². The molecular formula is C23H21N3O5. The van der Waals surface area contributed by atoms with Crippen molar-refractivity contribution < 1.29 is 23.9 Å². The molecule has 0 radical (unpaired) electrons. The lowest BCUT2D eigenvalue weighted by molar-refractivity contribution is -0.136. The van der Waals surface area contributed by atoms with Gasteiger partial charge in [0.1, 0.15) is 11.8 Å². The first kappa shape index (κ1) is 19.3. The summed E-state index contributed by atoms with van der Waals surface area (Å²) in [5, 5.41) is 5.20. The van der Waals surface area contributed by atoms with Gasteiger partial charge in [0.2, 0.25) is 11.8 Å². The number of carbonyl (C=O) groups excluding carboxylic acids is 4. The van der Waals surface area contributed by atoms with Gasteiger partial charge in [-0.25, -0.2) is 0 Å². The van der Waals surface area contributed by atoms with E-state index in [2.05, 4.69) is 10.6 Å². The summed E-state index contributed by atoms with van der Waals surface area (Å²) in [6.07, 6.45) is 1.42. The molecule has 2 aromatic rings. The molecule has 0 aromatic heterocycles. The van der Waals surface area contributed by atoms with E-state index in [1.54, 1.807) is 24.3 Å². The van der Waals surface area contributed by atoms with Crippen molar-refractivity contribution in [3.05, 3.63) is 64.2 Å². The highest BCUT2D eigenvalue weighted by Crippen LogP contribution is 2.29. The van der Waals surface area contributed by atoms with Gasteiger partial charge in [0, 0.05) is 37.1 Å². The third kappa shape index (κ3) is 3.54. The predicted molar refractivity (Wildman–Crippen MR) is 109 cm³/mol. The molecule has 8 nitrogen and oxygen atoms in total. The first-order chi connectivity index (χ1) is 15.0. The largest absolute Gasteiger partial charge is 0.493 e. The van der Waals surface area contributed by atoms with Crippen LogP contribution in [0.1, 0.15) is 50.2 Å². The molecule has 3 aliphatic rings. The first-order valence-electron chi connectivity index (χ1n) is 10.3. The van der Waals surface area contributed by atoms with Gasteiger partial charge >= 0.3 is 0 Å². The molecule has 0 bridgehead atoms. The zero-order valence-electron chi connectivity index (χ0n) is 16.8. The van der Waals surface area contributed by atoms with Gasteiger partial charge in [-0.05, 0) is 41.3 Å². The number of nitrogens with one attached hydrogen (secondary N) is 2. The zero-order valence-corrected chi connectivity index (χ0v) is 16.8. The number of piperidine rings is 1. The Morgan fingerprint density at radius 2 is 1.97 bits per heavy atom. The molecule has 0 spiro atoms. The van der Waals surface area contributed by atoms with Crippen LogP contribution in [0.3, 0.4) is 0 Å². The average Bonchev–Trinajstić information content (AvgIpc) is 3.36. The van der Waals surface area contributed by atoms with Gasteiger partial charge in [-0.1, -0.05) is 18.2 Å². The van der Waals surface area contributed by atoms with Crippen LogP contribution in [0.2, 0.25) is 0 Å². The fourth-order valence-corrected chi connectivity index (χ4v) is 4.33. The Bertz CT molecular complexity index is 1130. The second-order valence-corrected chi connectivity index (χ2v) is 8.00. The van der Waals surface area contributed by atoms with Crippen molar-refractivity contribution >= 4 is 23.6 Å². The standard InChI is InChI=1S/C23H21N3O5/c27-20-6-5-18(22(29)25-20)26-12-16-9-13(1-4-17(16)23(26)30)11-24-21(28)15-3-2-14-7-8-31-19(14)10-15/h1-4,9-10,18H,5-8,11-12H2,(H,24,28)(H,25,27,29). The molecule has 0 saturated carbocycles. The van der Waals surface area contributed by atoms with Crippen molar-refractivity contribution in [2.45, 2.75) is 38.4 Å². The van der Waals surface area contributed by atoms with Crippen LogP contribution in [0.4, 0.5) is 0 Å². The average molecular weight is 419 g/mol. The highest BCUT2D eigenvalue weighted by atomic mass is 16.5. The normalized spacial score (nSPS) is 19.5. The molecule has 4 amide bonds. The molecular weight excluding hydrogens is 398 g/mol. The summed E-state index contributed by atoms with van der Waals surface area (Å²) in [6.45, 7) is 1.27. The van der Waals surface area contributed by atoms with Gasteiger partial charge in [-0.3, -0.25) is 24.5 Å². The Kier molecular flexibility index (Phi) is 4.69. The smallest absolute Gasteiger partial charge is 0.255 e. The fourth-order valence-electron chi connectivity index (χ4n) is 4.33. The lowest BCUT2D eigenvalue weighted by Crippen LogP contribution is -2.52. The minimum atomic E-state index is -0.636. The van der Waals surface area contributed by atoms with Crippen molar-refractivity contribution in [1.82, 2.24) is 15.5 Å². The highest BCUT2D eigenvalue weighted by molar-refractivity contribution is 6.05. The molecule has 1 saturated heterocycles. The molecule has 2 N–H and O–H groups in total. The molecule has 1 atom stereocenters. The fraction of sp³-hybridized carbons (Fsp3) is 0.304. The first-order valence-corrected chi connectivity index (χ1v) is 10.3. The van der Waals surface area contributed by atoms with E-state index in [9.17, 15) is 19.2 Å². The molecule has 1 unspecified atom stereocenters. The predicted octanol–water partition coefficient (Wildman–Crippen LogP) is 1.31. The van der Waals surface area contributed by atoms with E-state index in [0.29, 0.717) is 37.2 Å². The van der Waals surface area contributed by atoms with Gasteiger partial charge in [0.25, 0.3) is 11.8 Å². The van der Waals surface area contributed by atoms with Gasteiger partial charge in [0.05, 0.1) is 6.61 Å². The van der Waals surface area contributed by atoms with E-state index >= 15 is 0 Å². The second kappa shape index (κ2) is 7.54. The maximum absolute atomic E-state index is 12.8.